The van der Waals surface area contributed by atoms with E-state index in [4.69, 9.17) is 4.42 Å². The maximum atomic E-state index is 12.3. The Morgan fingerprint density at radius 1 is 1.20 bits per heavy atom. The predicted octanol–water partition coefficient (Wildman–Crippen LogP) is 2.75. The molecule has 1 N–H and O–H groups in total. The Balaban J connectivity index is 2.23. The SMILES string of the molecule is Cc1cc(=O)oc(C)c1C(=O)N[C@@H](C)c1ccccc1. The monoisotopic (exact) mass is 271 g/mol. The summed E-state index contributed by atoms with van der Waals surface area (Å²) in [6.07, 6.45) is 0. The minimum atomic E-state index is -0.437. The number of carbonyl (C=O) groups excluding carboxylic acids is 1. The van der Waals surface area contributed by atoms with Crippen molar-refractivity contribution < 1.29 is 9.21 Å². The average molecular weight is 271 g/mol. The second-order valence-corrected chi connectivity index (χ2v) is 4.79. The molecule has 0 saturated carbocycles. The van der Waals surface area contributed by atoms with Crippen LogP contribution in [0.25, 0.3) is 0 Å². The van der Waals surface area contributed by atoms with Crippen molar-refractivity contribution in [3.8, 4) is 0 Å². The number of carbonyl (C=O) groups is 1. The summed E-state index contributed by atoms with van der Waals surface area (Å²) in [5, 5.41) is 2.91. The molecule has 0 aliphatic heterocycles. The van der Waals surface area contributed by atoms with Crippen molar-refractivity contribution >= 4 is 5.91 Å². The van der Waals surface area contributed by atoms with E-state index in [0.717, 1.165) is 5.56 Å². The normalized spacial score (nSPS) is 11.9. The van der Waals surface area contributed by atoms with E-state index in [9.17, 15) is 9.59 Å². The van der Waals surface area contributed by atoms with Gasteiger partial charge in [-0.2, -0.15) is 0 Å². The Morgan fingerprint density at radius 3 is 2.45 bits per heavy atom. The molecule has 1 atom stereocenters. The quantitative estimate of drug-likeness (QED) is 0.933. The smallest absolute Gasteiger partial charge is 0.336 e. The highest BCUT2D eigenvalue weighted by molar-refractivity contribution is 5.96. The van der Waals surface area contributed by atoms with Gasteiger partial charge in [-0.05, 0) is 31.9 Å². The molecular weight excluding hydrogens is 254 g/mol. The number of hydrogen-bond acceptors (Lipinski definition) is 3. The zero-order valence-electron chi connectivity index (χ0n) is 11.8. The van der Waals surface area contributed by atoms with Gasteiger partial charge in [0.2, 0.25) is 0 Å². The van der Waals surface area contributed by atoms with Crippen LogP contribution in [0.1, 0.15) is 40.2 Å². The van der Waals surface area contributed by atoms with E-state index < -0.39 is 5.63 Å². The molecule has 4 nitrogen and oxygen atoms in total. The lowest BCUT2D eigenvalue weighted by Crippen LogP contribution is -2.28. The molecule has 0 unspecified atom stereocenters. The number of amides is 1. The first-order chi connectivity index (χ1) is 9.49. The molecule has 0 fully saturated rings. The molecule has 1 heterocycles. The van der Waals surface area contributed by atoms with Crippen LogP contribution in [-0.2, 0) is 0 Å². The van der Waals surface area contributed by atoms with Crippen molar-refractivity contribution in [1.82, 2.24) is 5.32 Å². The fourth-order valence-corrected chi connectivity index (χ4v) is 2.19. The van der Waals surface area contributed by atoms with Crippen LogP contribution < -0.4 is 10.9 Å². The number of hydrogen-bond donors (Lipinski definition) is 1. The highest BCUT2D eigenvalue weighted by atomic mass is 16.4. The minimum Gasteiger partial charge on any atom is -0.427 e. The first-order valence-electron chi connectivity index (χ1n) is 6.46. The molecule has 2 aromatic rings. The molecule has 104 valence electrons. The second-order valence-electron chi connectivity index (χ2n) is 4.79. The molecule has 2 rings (SSSR count). The lowest BCUT2D eigenvalue weighted by Gasteiger charge is -2.15. The second kappa shape index (κ2) is 5.74. The summed E-state index contributed by atoms with van der Waals surface area (Å²) in [6.45, 7) is 5.26. The first kappa shape index (κ1) is 14.1. The van der Waals surface area contributed by atoms with Gasteiger partial charge in [0.1, 0.15) is 5.76 Å². The fourth-order valence-electron chi connectivity index (χ4n) is 2.19. The summed E-state index contributed by atoms with van der Waals surface area (Å²) < 4.78 is 4.98. The van der Waals surface area contributed by atoms with Gasteiger partial charge in [0.05, 0.1) is 11.6 Å². The molecular formula is C16H17NO3. The highest BCUT2D eigenvalue weighted by Gasteiger charge is 2.17. The average Bonchev–Trinajstić information content (AvgIpc) is 2.38. The molecule has 0 saturated heterocycles. The Morgan fingerprint density at radius 2 is 1.85 bits per heavy atom. The maximum absolute atomic E-state index is 12.3. The molecule has 20 heavy (non-hydrogen) atoms. The third-order valence-electron chi connectivity index (χ3n) is 3.21. The Bertz CT molecular complexity index is 648. The minimum absolute atomic E-state index is 0.116. The van der Waals surface area contributed by atoms with E-state index in [1.54, 1.807) is 13.8 Å². The third kappa shape index (κ3) is 2.96. The van der Waals surface area contributed by atoms with Crippen molar-refractivity contribution in [2.45, 2.75) is 26.8 Å². The van der Waals surface area contributed by atoms with Gasteiger partial charge in [-0.1, -0.05) is 30.3 Å². The van der Waals surface area contributed by atoms with Gasteiger partial charge in [0.15, 0.2) is 0 Å². The molecule has 0 spiro atoms. The van der Waals surface area contributed by atoms with E-state index >= 15 is 0 Å². The van der Waals surface area contributed by atoms with Crippen LogP contribution >= 0.6 is 0 Å². The molecule has 1 aromatic carbocycles. The van der Waals surface area contributed by atoms with Gasteiger partial charge in [0.25, 0.3) is 5.91 Å². The van der Waals surface area contributed by atoms with Gasteiger partial charge in [0, 0.05) is 6.07 Å². The lowest BCUT2D eigenvalue weighted by atomic mass is 10.1. The van der Waals surface area contributed by atoms with Crippen LogP contribution in [0.5, 0.6) is 0 Å². The van der Waals surface area contributed by atoms with Crippen LogP contribution in [0.3, 0.4) is 0 Å². The standard InChI is InChI=1S/C16H17NO3/c1-10-9-14(18)20-12(3)15(10)16(19)17-11(2)13-7-5-4-6-8-13/h4-9,11H,1-3H3,(H,17,19)/t11-/m0/s1. The molecule has 0 aliphatic carbocycles. The van der Waals surface area contributed by atoms with Crippen LogP contribution in [0.2, 0.25) is 0 Å². The summed E-state index contributed by atoms with van der Waals surface area (Å²) >= 11 is 0. The van der Waals surface area contributed by atoms with Gasteiger partial charge in [-0.15, -0.1) is 0 Å². The molecule has 0 radical (unpaired) electrons. The summed E-state index contributed by atoms with van der Waals surface area (Å²) in [4.78, 5) is 23.5. The first-order valence-corrected chi connectivity index (χ1v) is 6.46. The molecule has 1 aromatic heterocycles. The fraction of sp³-hybridized carbons (Fsp3) is 0.250. The largest absolute Gasteiger partial charge is 0.427 e. The van der Waals surface area contributed by atoms with Gasteiger partial charge in [-0.25, -0.2) is 4.79 Å². The Labute approximate surface area is 117 Å². The molecule has 0 aliphatic rings. The van der Waals surface area contributed by atoms with Crippen LogP contribution in [-0.4, -0.2) is 5.91 Å². The van der Waals surface area contributed by atoms with Crippen LogP contribution in [0.15, 0.2) is 45.6 Å². The topological polar surface area (TPSA) is 59.3 Å². The van der Waals surface area contributed by atoms with Crippen molar-refractivity contribution in [3.63, 3.8) is 0 Å². The number of nitrogens with one attached hydrogen (secondary N) is 1. The summed E-state index contributed by atoms with van der Waals surface area (Å²) in [5.74, 6) is 0.105. The van der Waals surface area contributed by atoms with E-state index in [0.29, 0.717) is 16.9 Å². The Hall–Kier alpha value is -2.36. The third-order valence-corrected chi connectivity index (χ3v) is 3.21. The van der Waals surface area contributed by atoms with E-state index in [1.165, 1.54) is 6.07 Å². The van der Waals surface area contributed by atoms with Gasteiger partial charge in [-0.3, -0.25) is 4.79 Å². The summed E-state index contributed by atoms with van der Waals surface area (Å²) in [6, 6.07) is 10.9. The van der Waals surface area contributed by atoms with Gasteiger partial charge < -0.3 is 9.73 Å². The maximum Gasteiger partial charge on any atom is 0.336 e. The van der Waals surface area contributed by atoms with Crippen LogP contribution in [0, 0.1) is 13.8 Å². The highest BCUT2D eigenvalue weighted by Crippen LogP contribution is 2.15. The number of rotatable bonds is 3. The van der Waals surface area contributed by atoms with Crippen LogP contribution in [0.4, 0.5) is 0 Å². The van der Waals surface area contributed by atoms with Crippen molar-refractivity contribution in [3.05, 3.63) is 69.3 Å². The number of aryl methyl sites for hydroxylation is 2. The summed E-state index contributed by atoms with van der Waals surface area (Å²) in [5.41, 5.74) is 1.63. The van der Waals surface area contributed by atoms with Crippen molar-refractivity contribution in [2.75, 3.05) is 0 Å². The molecule has 1 amide bonds. The van der Waals surface area contributed by atoms with E-state index in [-0.39, 0.29) is 11.9 Å². The number of benzene rings is 1. The van der Waals surface area contributed by atoms with E-state index in [1.807, 2.05) is 37.3 Å². The van der Waals surface area contributed by atoms with Gasteiger partial charge >= 0.3 is 5.63 Å². The predicted molar refractivity (Wildman–Crippen MR) is 76.8 cm³/mol. The molecule has 0 bridgehead atoms. The lowest BCUT2D eigenvalue weighted by molar-refractivity contribution is 0.0935. The molecule has 4 heteroatoms. The zero-order valence-corrected chi connectivity index (χ0v) is 11.8. The summed E-state index contributed by atoms with van der Waals surface area (Å²) in [7, 11) is 0. The van der Waals surface area contributed by atoms with Crippen molar-refractivity contribution in [1.29, 1.82) is 0 Å². The Kier molecular flexibility index (Phi) is 4.03. The van der Waals surface area contributed by atoms with E-state index in [2.05, 4.69) is 5.32 Å². The zero-order chi connectivity index (χ0) is 14.7. The van der Waals surface area contributed by atoms with Crippen molar-refractivity contribution in [2.24, 2.45) is 0 Å².